The van der Waals surface area contributed by atoms with Gasteiger partial charge in [0, 0.05) is 12.6 Å². The van der Waals surface area contributed by atoms with Crippen LogP contribution < -0.4 is 0 Å². The second-order valence-corrected chi connectivity index (χ2v) is 7.17. The molecule has 2 heterocycles. The van der Waals surface area contributed by atoms with Crippen molar-refractivity contribution in [1.82, 2.24) is 19.9 Å². The van der Waals surface area contributed by atoms with Gasteiger partial charge in [-0.1, -0.05) is 44.2 Å². The predicted octanol–water partition coefficient (Wildman–Crippen LogP) is 3.55. The van der Waals surface area contributed by atoms with Gasteiger partial charge in [0.25, 0.3) is 5.91 Å². The smallest absolute Gasteiger partial charge is 0.276 e. The van der Waals surface area contributed by atoms with Crippen molar-refractivity contribution < 1.29 is 4.79 Å². The van der Waals surface area contributed by atoms with E-state index in [0.29, 0.717) is 17.5 Å². The second-order valence-electron chi connectivity index (χ2n) is 7.17. The predicted molar refractivity (Wildman–Crippen MR) is 94.0 cm³/mol. The SMILES string of the molecule is CC1CCC(C(C)C)N(C(=O)c2cn(-c3ccccc3)nn2)CC1. The number of nitrogens with zero attached hydrogens (tertiary/aromatic N) is 4. The largest absolute Gasteiger partial charge is 0.334 e. The van der Waals surface area contributed by atoms with E-state index in [4.69, 9.17) is 0 Å². The van der Waals surface area contributed by atoms with Crippen LogP contribution in [0.3, 0.4) is 0 Å². The molecular formula is C19H26N4O. The molecule has 24 heavy (non-hydrogen) atoms. The molecule has 0 saturated carbocycles. The maximum atomic E-state index is 13.0. The molecule has 0 spiro atoms. The van der Waals surface area contributed by atoms with E-state index < -0.39 is 0 Å². The fraction of sp³-hybridized carbons (Fsp3) is 0.526. The number of benzene rings is 1. The standard InChI is InChI=1S/C19H26N4O/c1-14(2)18-10-9-15(3)11-12-22(18)19(24)17-13-23(21-20-17)16-7-5-4-6-8-16/h4-8,13-15,18H,9-12H2,1-3H3. The molecule has 1 aromatic carbocycles. The molecular weight excluding hydrogens is 300 g/mol. The number of hydrogen-bond donors (Lipinski definition) is 0. The van der Waals surface area contributed by atoms with Crippen molar-refractivity contribution in [2.75, 3.05) is 6.54 Å². The summed E-state index contributed by atoms with van der Waals surface area (Å²) >= 11 is 0. The Morgan fingerprint density at radius 3 is 2.62 bits per heavy atom. The molecule has 2 atom stereocenters. The minimum atomic E-state index is 0.00461. The van der Waals surface area contributed by atoms with Crippen LogP contribution in [0.25, 0.3) is 5.69 Å². The monoisotopic (exact) mass is 326 g/mol. The number of amides is 1. The Morgan fingerprint density at radius 1 is 1.17 bits per heavy atom. The molecule has 1 saturated heterocycles. The zero-order valence-corrected chi connectivity index (χ0v) is 14.7. The number of rotatable bonds is 3. The van der Waals surface area contributed by atoms with Gasteiger partial charge in [0.2, 0.25) is 0 Å². The Kier molecular flexibility index (Phi) is 4.97. The third kappa shape index (κ3) is 3.50. The van der Waals surface area contributed by atoms with Crippen molar-refractivity contribution in [2.45, 2.75) is 46.1 Å². The van der Waals surface area contributed by atoms with Gasteiger partial charge >= 0.3 is 0 Å². The van der Waals surface area contributed by atoms with Gasteiger partial charge in [-0.25, -0.2) is 4.68 Å². The normalized spacial score (nSPS) is 21.8. The Balaban J connectivity index is 1.83. The first-order valence-electron chi connectivity index (χ1n) is 8.85. The summed E-state index contributed by atoms with van der Waals surface area (Å²) in [5, 5.41) is 8.26. The highest BCUT2D eigenvalue weighted by Gasteiger charge is 2.31. The van der Waals surface area contributed by atoms with Crippen LogP contribution in [-0.2, 0) is 0 Å². The molecule has 3 rings (SSSR count). The van der Waals surface area contributed by atoms with E-state index in [2.05, 4.69) is 31.1 Å². The summed E-state index contributed by atoms with van der Waals surface area (Å²) < 4.78 is 1.66. The van der Waals surface area contributed by atoms with Crippen LogP contribution in [0.4, 0.5) is 0 Å². The number of hydrogen-bond acceptors (Lipinski definition) is 3. The van der Waals surface area contributed by atoms with Gasteiger partial charge in [-0.15, -0.1) is 5.10 Å². The average Bonchev–Trinajstić information content (AvgIpc) is 2.99. The zero-order chi connectivity index (χ0) is 17.1. The van der Waals surface area contributed by atoms with E-state index in [1.54, 1.807) is 10.9 Å². The number of likely N-dealkylation sites (tertiary alicyclic amines) is 1. The van der Waals surface area contributed by atoms with Crippen LogP contribution in [0.5, 0.6) is 0 Å². The molecule has 0 radical (unpaired) electrons. The third-order valence-corrected chi connectivity index (χ3v) is 4.98. The summed E-state index contributed by atoms with van der Waals surface area (Å²) in [7, 11) is 0. The molecule has 5 heteroatoms. The lowest BCUT2D eigenvalue weighted by Crippen LogP contribution is -2.43. The number of para-hydroxylation sites is 1. The van der Waals surface area contributed by atoms with Gasteiger partial charge in [0.1, 0.15) is 0 Å². The quantitative estimate of drug-likeness (QED) is 0.866. The lowest BCUT2D eigenvalue weighted by atomic mass is 9.95. The van der Waals surface area contributed by atoms with Crippen molar-refractivity contribution in [1.29, 1.82) is 0 Å². The third-order valence-electron chi connectivity index (χ3n) is 4.98. The average molecular weight is 326 g/mol. The van der Waals surface area contributed by atoms with Crippen molar-refractivity contribution >= 4 is 5.91 Å². The summed E-state index contributed by atoms with van der Waals surface area (Å²) in [5.41, 5.74) is 1.34. The molecule has 1 aliphatic heterocycles. The minimum absolute atomic E-state index is 0.00461. The van der Waals surface area contributed by atoms with E-state index in [1.807, 2.05) is 35.2 Å². The molecule has 2 aromatic rings. The van der Waals surface area contributed by atoms with Crippen LogP contribution in [0.1, 0.15) is 50.5 Å². The molecule has 0 bridgehead atoms. The highest BCUT2D eigenvalue weighted by molar-refractivity contribution is 5.92. The Labute approximate surface area is 143 Å². The van der Waals surface area contributed by atoms with Gasteiger partial charge in [0.15, 0.2) is 5.69 Å². The number of aromatic nitrogens is 3. The molecule has 1 aromatic heterocycles. The summed E-state index contributed by atoms with van der Waals surface area (Å²) in [6.45, 7) is 7.47. The molecule has 0 aliphatic carbocycles. The van der Waals surface area contributed by atoms with Crippen molar-refractivity contribution in [3.8, 4) is 5.69 Å². The number of carbonyl (C=O) groups excluding carboxylic acids is 1. The van der Waals surface area contributed by atoms with Crippen LogP contribution >= 0.6 is 0 Å². The van der Waals surface area contributed by atoms with E-state index in [0.717, 1.165) is 25.1 Å². The van der Waals surface area contributed by atoms with Crippen molar-refractivity contribution in [3.63, 3.8) is 0 Å². The van der Waals surface area contributed by atoms with Gasteiger partial charge in [-0.05, 0) is 43.2 Å². The maximum absolute atomic E-state index is 13.0. The van der Waals surface area contributed by atoms with E-state index in [-0.39, 0.29) is 11.9 Å². The van der Waals surface area contributed by atoms with Gasteiger partial charge < -0.3 is 4.90 Å². The Morgan fingerprint density at radius 2 is 1.92 bits per heavy atom. The zero-order valence-electron chi connectivity index (χ0n) is 14.7. The first-order chi connectivity index (χ1) is 11.6. The van der Waals surface area contributed by atoms with Crippen molar-refractivity contribution in [3.05, 3.63) is 42.2 Å². The van der Waals surface area contributed by atoms with E-state index in [1.165, 1.54) is 6.42 Å². The van der Waals surface area contributed by atoms with Crippen molar-refractivity contribution in [2.24, 2.45) is 11.8 Å². The highest BCUT2D eigenvalue weighted by Crippen LogP contribution is 2.27. The minimum Gasteiger partial charge on any atom is -0.334 e. The molecule has 1 amide bonds. The van der Waals surface area contributed by atoms with Crippen LogP contribution in [0.15, 0.2) is 36.5 Å². The molecule has 1 fully saturated rings. The summed E-state index contributed by atoms with van der Waals surface area (Å²) in [6.07, 6.45) is 5.05. The molecule has 2 unspecified atom stereocenters. The van der Waals surface area contributed by atoms with Gasteiger partial charge in [0.05, 0.1) is 11.9 Å². The van der Waals surface area contributed by atoms with E-state index >= 15 is 0 Å². The summed E-state index contributed by atoms with van der Waals surface area (Å²) in [6, 6.07) is 10.0. The highest BCUT2D eigenvalue weighted by atomic mass is 16.2. The van der Waals surface area contributed by atoms with Gasteiger partial charge in [-0.3, -0.25) is 4.79 Å². The van der Waals surface area contributed by atoms with Crippen LogP contribution in [-0.4, -0.2) is 38.4 Å². The van der Waals surface area contributed by atoms with Gasteiger partial charge in [-0.2, -0.15) is 0 Å². The Hall–Kier alpha value is -2.17. The maximum Gasteiger partial charge on any atom is 0.276 e. The first kappa shape index (κ1) is 16.7. The summed E-state index contributed by atoms with van der Waals surface area (Å²) in [4.78, 5) is 15.1. The Bertz CT molecular complexity index is 680. The van der Waals surface area contributed by atoms with Crippen LogP contribution in [0.2, 0.25) is 0 Å². The van der Waals surface area contributed by atoms with E-state index in [9.17, 15) is 4.79 Å². The lowest BCUT2D eigenvalue weighted by molar-refractivity contribution is 0.0625. The first-order valence-corrected chi connectivity index (χ1v) is 8.85. The number of carbonyl (C=O) groups is 1. The topological polar surface area (TPSA) is 51.0 Å². The summed E-state index contributed by atoms with van der Waals surface area (Å²) in [5.74, 6) is 1.12. The molecule has 128 valence electrons. The fourth-order valence-electron chi connectivity index (χ4n) is 3.44. The molecule has 5 nitrogen and oxygen atoms in total. The fourth-order valence-corrected chi connectivity index (χ4v) is 3.44. The lowest BCUT2D eigenvalue weighted by Gasteiger charge is -2.32. The van der Waals surface area contributed by atoms with Crippen LogP contribution in [0, 0.1) is 11.8 Å². The second kappa shape index (κ2) is 7.16. The molecule has 0 N–H and O–H groups in total. The molecule has 1 aliphatic rings.